The van der Waals surface area contributed by atoms with Gasteiger partial charge in [-0.05, 0) is 11.5 Å². The SMILES string of the molecule is CC[C@H](C)[C@@H](NC(=O)CNC(=O)OCc1ccccc1)C(=O)OC. The van der Waals surface area contributed by atoms with Gasteiger partial charge in [0.25, 0.3) is 0 Å². The van der Waals surface area contributed by atoms with Crippen LogP contribution in [-0.4, -0.2) is 37.7 Å². The topological polar surface area (TPSA) is 93.7 Å². The van der Waals surface area contributed by atoms with E-state index in [4.69, 9.17) is 4.74 Å². The molecule has 24 heavy (non-hydrogen) atoms. The third kappa shape index (κ3) is 6.68. The molecule has 7 nitrogen and oxygen atoms in total. The number of esters is 1. The Bertz CT molecular complexity index is 547. The van der Waals surface area contributed by atoms with E-state index in [9.17, 15) is 14.4 Å². The van der Waals surface area contributed by atoms with Gasteiger partial charge in [-0.2, -0.15) is 0 Å². The number of rotatable bonds is 8. The van der Waals surface area contributed by atoms with E-state index < -0.39 is 24.0 Å². The Labute approximate surface area is 141 Å². The minimum Gasteiger partial charge on any atom is -0.467 e. The van der Waals surface area contributed by atoms with E-state index >= 15 is 0 Å². The van der Waals surface area contributed by atoms with Gasteiger partial charge in [0, 0.05) is 0 Å². The molecule has 0 saturated carbocycles. The second kappa shape index (κ2) is 10.3. The van der Waals surface area contributed by atoms with Crippen molar-refractivity contribution in [2.24, 2.45) is 5.92 Å². The van der Waals surface area contributed by atoms with Gasteiger partial charge in [-0.25, -0.2) is 9.59 Å². The van der Waals surface area contributed by atoms with Crippen LogP contribution in [0.25, 0.3) is 0 Å². The van der Waals surface area contributed by atoms with Crippen molar-refractivity contribution < 1.29 is 23.9 Å². The van der Waals surface area contributed by atoms with Crippen LogP contribution in [0.5, 0.6) is 0 Å². The molecule has 1 aromatic rings. The van der Waals surface area contributed by atoms with Crippen LogP contribution in [0.15, 0.2) is 30.3 Å². The number of methoxy groups -OCH3 is 1. The minimum absolute atomic E-state index is 0.0774. The first kappa shape index (κ1) is 19.5. The van der Waals surface area contributed by atoms with Crippen LogP contribution in [0.4, 0.5) is 4.79 Å². The van der Waals surface area contributed by atoms with Crippen molar-refractivity contribution in [3.05, 3.63) is 35.9 Å². The summed E-state index contributed by atoms with van der Waals surface area (Å²) in [5.41, 5.74) is 0.847. The molecule has 2 amide bonds. The van der Waals surface area contributed by atoms with Crippen molar-refractivity contribution in [1.82, 2.24) is 10.6 Å². The Morgan fingerprint density at radius 2 is 1.83 bits per heavy atom. The van der Waals surface area contributed by atoms with Crippen molar-refractivity contribution in [3.8, 4) is 0 Å². The number of ether oxygens (including phenoxy) is 2. The Balaban J connectivity index is 2.38. The zero-order chi connectivity index (χ0) is 17.9. The highest BCUT2D eigenvalue weighted by Gasteiger charge is 2.26. The molecule has 0 unspecified atom stereocenters. The Morgan fingerprint density at radius 1 is 1.17 bits per heavy atom. The maximum Gasteiger partial charge on any atom is 0.407 e. The van der Waals surface area contributed by atoms with Gasteiger partial charge in [0.1, 0.15) is 19.2 Å². The van der Waals surface area contributed by atoms with Gasteiger partial charge in [0.05, 0.1) is 7.11 Å². The maximum atomic E-state index is 11.9. The van der Waals surface area contributed by atoms with E-state index in [1.807, 2.05) is 44.2 Å². The molecule has 0 fully saturated rings. The lowest BCUT2D eigenvalue weighted by Gasteiger charge is -2.21. The summed E-state index contributed by atoms with van der Waals surface area (Å²) < 4.78 is 9.68. The number of benzene rings is 1. The van der Waals surface area contributed by atoms with Crippen molar-refractivity contribution in [2.75, 3.05) is 13.7 Å². The molecule has 1 aromatic carbocycles. The Hall–Kier alpha value is -2.57. The number of nitrogens with one attached hydrogen (secondary N) is 2. The summed E-state index contributed by atoms with van der Waals surface area (Å²) in [5.74, 6) is -1.07. The van der Waals surface area contributed by atoms with E-state index in [2.05, 4.69) is 15.4 Å². The van der Waals surface area contributed by atoms with Gasteiger partial charge in [-0.1, -0.05) is 50.6 Å². The highest BCUT2D eigenvalue weighted by Crippen LogP contribution is 2.09. The van der Waals surface area contributed by atoms with Crippen molar-refractivity contribution in [3.63, 3.8) is 0 Å². The zero-order valence-electron chi connectivity index (χ0n) is 14.2. The van der Waals surface area contributed by atoms with Gasteiger partial charge in [0.15, 0.2) is 0 Å². The average molecular weight is 336 g/mol. The quantitative estimate of drug-likeness (QED) is 0.704. The van der Waals surface area contributed by atoms with Crippen molar-refractivity contribution >= 4 is 18.0 Å². The molecule has 0 aromatic heterocycles. The largest absolute Gasteiger partial charge is 0.467 e. The fourth-order valence-corrected chi connectivity index (χ4v) is 1.95. The van der Waals surface area contributed by atoms with E-state index in [1.54, 1.807) is 0 Å². The van der Waals surface area contributed by atoms with Crippen LogP contribution in [0.1, 0.15) is 25.8 Å². The molecule has 0 bridgehead atoms. The van der Waals surface area contributed by atoms with Crippen molar-refractivity contribution in [2.45, 2.75) is 32.9 Å². The number of hydrogen-bond donors (Lipinski definition) is 2. The van der Waals surface area contributed by atoms with Gasteiger partial charge >= 0.3 is 12.1 Å². The van der Waals surface area contributed by atoms with Crippen LogP contribution < -0.4 is 10.6 Å². The number of alkyl carbamates (subject to hydrolysis) is 1. The van der Waals surface area contributed by atoms with Gasteiger partial charge < -0.3 is 20.1 Å². The first-order chi connectivity index (χ1) is 11.5. The molecule has 7 heteroatoms. The number of hydrogen-bond acceptors (Lipinski definition) is 5. The van der Waals surface area contributed by atoms with Gasteiger partial charge in [0.2, 0.25) is 5.91 Å². The Kier molecular flexibility index (Phi) is 8.32. The fraction of sp³-hybridized carbons (Fsp3) is 0.471. The molecule has 132 valence electrons. The molecule has 1 rings (SSSR count). The van der Waals surface area contributed by atoms with Crippen LogP contribution in [0, 0.1) is 5.92 Å². The maximum absolute atomic E-state index is 11.9. The summed E-state index contributed by atoms with van der Waals surface area (Å²) in [7, 11) is 1.27. The zero-order valence-corrected chi connectivity index (χ0v) is 14.2. The molecule has 0 spiro atoms. The molecule has 0 aliphatic rings. The molecule has 2 atom stereocenters. The van der Waals surface area contributed by atoms with Crippen LogP contribution in [0.3, 0.4) is 0 Å². The standard InChI is InChI=1S/C17H24N2O5/c1-4-12(2)15(16(21)23-3)19-14(20)10-18-17(22)24-11-13-8-6-5-7-9-13/h5-9,12,15H,4,10-11H2,1-3H3,(H,18,22)(H,19,20)/t12-,15+/m0/s1. The third-order valence-corrected chi connectivity index (χ3v) is 3.59. The van der Waals surface area contributed by atoms with Crippen LogP contribution >= 0.6 is 0 Å². The van der Waals surface area contributed by atoms with E-state index in [-0.39, 0.29) is 19.1 Å². The second-order valence-electron chi connectivity index (χ2n) is 5.37. The first-order valence-corrected chi connectivity index (χ1v) is 7.79. The predicted octanol–water partition coefficient (Wildman–Crippen LogP) is 1.62. The summed E-state index contributed by atoms with van der Waals surface area (Å²) >= 11 is 0. The molecule has 0 aliphatic carbocycles. The Morgan fingerprint density at radius 3 is 2.42 bits per heavy atom. The molecule has 0 radical (unpaired) electrons. The minimum atomic E-state index is -0.741. The number of carbonyl (C=O) groups is 3. The second-order valence-corrected chi connectivity index (χ2v) is 5.37. The van der Waals surface area contributed by atoms with E-state index in [1.165, 1.54) is 7.11 Å². The van der Waals surface area contributed by atoms with Crippen LogP contribution in [-0.2, 0) is 25.7 Å². The smallest absolute Gasteiger partial charge is 0.407 e. The first-order valence-electron chi connectivity index (χ1n) is 7.79. The highest BCUT2D eigenvalue weighted by atomic mass is 16.5. The average Bonchev–Trinajstić information content (AvgIpc) is 2.62. The lowest BCUT2D eigenvalue weighted by Crippen LogP contribution is -2.49. The molecular weight excluding hydrogens is 312 g/mol. The van der Waals surface area contributed by atoms with E-state index in [0.717, 1.165) is 5.56 Å². The summed E-state index contributed by atoms with van der Waals surface area (Å²) in [5, 5.41) is 4.91. The number of amides is 2. The lowest BCUT2D eigenvalue weighted by molar-refractivity contribution is -0.146. The van der Waals surface area contributed by atoms with Gasteiger partial charge in [-0.3, -0.25) is 4.79 Å². The monoisotopic (exact) mass is 336 g/mol. The molecule has 0 heterocycles. The summed E-state index contributed by atoms with van der Waals surface area (Å²) in [6.45, 7) is 3.58. The molecule has 0 aliphatic heterocycles. The third-order valence-electron chi connectivity index (χ3n) is 3.59. The highest BCUT2D eigenvalue weighted by molar-refractivity contribution is 5.87. The lowest BCUT2D eigenvalue weighted by atomic mass is 9.99. The summed E-state index contributed by atoms with van der Waals surface area (Å²) in [6.07, 6.45) is -0.000718. The van der Waals surface area contributed by atoms with Gasteiger partial charge in [-0.15, -0.1) is 0 Å². The fourth-order valence-electron chi connectivity index (χ4n) is 1.95. The molecule has 0 saturated heterocycles. The van der Waals surface area contributed by atoms with E-state index in [0.29, 0.717) is 6.42 Å². The normalized spacial score (nSPS) is 12.6. The number of carbonyl (C=O) groups excluding carboxylic acids is 3. The molecular formula is C17H24N2O5. The summed E-state index contributed by atoms with van der Waals surface area (Å²) in [6, 6.07) is 8.45. The predicted molar refractivity (Wildman–Crippen MR) is 88.0 cm³/mol. The summed E-state index contributed by atoms with van der Waals surface area (Å²) in [4.78, 5) is 35.2. The molecule has 2 N–H and O–H groups in total. The van der Waals surface area contributed by atoms with Crippen molar-refractivity contribution in [1.29, 1.82) is 0 Å². The van der Waals surface area contributed by atoms with Crippen LogP contribution in [0.2, 0.25) is 0 Å².